The molecule has 1 aliphatic rings. The molecule has 140 valence electrons. The first-order chi connectivity index (χ1) is 12.5. The molecule has 1 N–H and O–H groups in total. The first kappa shape index (κ1) is 19.4. The van der Waals surface area contributed by atoms with Gasteiger partial charge in [0, 0.05) is 18.9 Å². The highest BCUT2D eigenvalue weighted by Gasteiger charge is 2.30. The molecule has 1 aliphatic heterocycles. The highest BCUT2D eigenvalue weighted by molar-refractivity contribution is 5.85. The molecule has 6 heteroatoms. The van der Waals surface area contributed by atoms with Crippen molar-refractivity contribution in [3.05, 3.63) is 77.6 Å². The van der Waals surface area contributed by atoms with Gasteiger partial charge in [-0.2, -0.15) is 13.2 Å². The molecule has 3 aromatic rings. The maximum Gasteiger partial charge on any atom is 0.416 e. The number of nitrogens with one attached hydrogen (secondary N) is 1. The zero-order chi connectivity index (χ0) is 18.1. The number of halogens is 4. The van der Waals surface area contributed by atoms with Crippen LogP contribution in [0.5, 0.6) is 0 Å². The van der Waals surface area contributed by atoms with E-state index in [-0.39, 0.29) is 12.4 Å². The van der Waals surface area contributed by atoms with Gasteiger partial charge in [-0.05, 0) is 82.7 Å². The predicted molar refractivity (Wildman–Crippen MR) is 103 cm³/mol. The van der Waals surface area contributed by atoms with Crippen molar-refractivity contribution in [1.82, 2.24) is 10.3 Å². The summed E-state index contributed by atoms with van der Waals surface area (Å²) in [4.78, 5) is 4.05. The fourth-order valence-electron chi connectivity index (χ4n) is 3.43. The highest BCUT2D eigenvalue weighted by Crippen LogP contribution is 2.36. The maximum absolute atomic E-state index is 12.9. The third kappa shape index (κ3) is 3.99. The fraction of sp³-hybridized carbons (Fsp3) is 0.190. The smallest absolute Gasteiger partial charge is 0.312 e. The minimum atomic E-state index is -4.32. The van der Waals surface area contributed by atoms with E-state index in [2.05, 4.69) is 22.4 Å². The van der Waals surface area contributed by atoms with Crippen LogP contribution in [0.3, 0.4) is 0 Å². The van der Waals surface area contributed by atoms with Crippen LogP contribution in [0.4, 0.5) is 13.2 Å². The van der Waals surface area contributed by atoms with E-state index in [1.807, 2.05) is 12.1 Å². The Hall–Kier alpha value is -2.37. The summed E-state index contributed by atoms with van der Waals surface area (Å²) in [5.41, 5.74) is 5.69. The molecule has 0 amide bonds. The fourth-order valence-corrected chi connectivity index (χ4v) is 3.43. The van der Waals surface area contributed by atoms with Crippen molar-refractivity contribution < 1.29 is 13.2 Å². The molecular formula is C21H18ClF3N2. The molecule has 0 aliphatic carbocycles. The first-order valence-corrected chi connectivity index (χ1v) is 8.47. The number of fused-ring (bicyclic) bond motifs is 1. The van der Waals surface area contributed by atoms with Gasteiger partial charge < -0.3 is 5.32 Å². The zero-order valence-electron chi connectivity index (χ0n) is 14.4. The number of alkyl halides is 3. The van der Waals surface area contributed by atoms with E-state index in [9.17, 15) is 13.2 Å². The third-order valence-corrected chi connectivity index (χ3v) is 4.75. The van der Waals surface area contributed by atoms with Crippen LogP contribution in [0.2, 0.25) is 0 Å². The summed E-state index contributed by atoms with van der Waals surface area (Å²) in [5, 5.41) is 3.37. The van der Waals surface area contributed by atoms with Gasteiger partial charge in [-0.15, -0.1) is 12.4 Å². The Bertz CT molecular complexity index is 923. The SMILES string of the molecule is Cl.FC(F)(F)c1ccc(-c2cc(-c3ccncc3)cc3c2CCNC3)cc1. The molecule has 27 heavy (non-hydrogen) atoms. The molecule has 4 rings (SSSR count). The van der Waals surface area contributed by atoms with E-state index in [1.54, 1.807) is 24.5 Å². The van der Waals surface area contributed by atoms with Crippen LogP contribution in [-0.2, 0) is 19.1 Å². The van der Waals surface area contributed by atoms with Crippen molar-refractivity contribution in [1.29, 1.82) is 0 Å². The molecule has 0 unspecified atom stereocenters. The lowest BCUT2D eigenvalue weighted by molar-refractivity contribution is -0.137. The number of pyridine rings is 1. The van der Waals surface area contributed by atoms with E-state index in [0.29, 0.717) is 0 Å². The maximum atomic E-state index is 12.9. The summed E-state index contributed by atoms with van der Waals surface area (Å²) < 4.78 is 38.6. The molecule has 0 atom stereocenters. The average Bonchev–Trinajstić information content (AvgIpc) is 2.67. The van der Waals surface area contributed by atoms with Crippen LogP contribution in [0, 0.1) is 0 Å². The molecule has 2 heterocycles. The Morgan fingerprint density at radius 1 is 0.852 bits per heavy atom. The van der Waals surface area contributed by atoms with Gasteiger partial charge in [-0.1, -0.05) is 12.1 Å². The lowest BCUT2D eigenvalue weighted by Gasteiger charge is -2.22. The molecule has 0 bridgehead atoms. The van der Waals surface area contributed by atoms with Gasteiger partial charge in [0.2, 0.25) is 0 Å². The Morgan fingerprint density at radius 2 is 1.56 bits per heavy atom. The van der Waals surface area contributed by atoms with Crippen LogP contribution in [0.25, 0.3) is 22.3 Å². The van der Waals surface area contributed by atoms with E-state index < -0.39 is 11.7 Å². The number of benzene rings is 2. The molecule has 0 saturated carbocycles. The average molecular weight is 391 g/mol. The van der Waals surface area contributed by atoms with Gasteiger partial charge in [0.05, 0.1) is 5.56 Å². The van der Waals surface area contributed by atoms with Gasteiger partial charge in [0.1, 0.15) is 0 Å². The summed E-state index contributed by atoms with van der Waals surface area (Å²) in [7, 11) is 0. The molecule has 0 saturated heterocycles. The Balaban J connectivity index is 0.00000210. The molecule has 2 nitrogen and oxygen atoms in total. The normalized spacial score (nSPS) is 13.6. The van der Waals surface area contributed by atoms with Crippen molar-refractivity contribution in [2.75, 3.05) is 6.54 Å². The third-order valence-electron chi connectivity index (χ3n) is 4.75. The lowest BCUT2D eigenvalue weighted by atomic mass is 9.87. The lowest BCUT2D eigenvalue weighted by Crippen LogP contribution is -2.24. The van der Waals surface area contributed by atoms with E-state index in [0.717, 1.165) is 53.9 Å². The van der Waals surface area contributed by atoms with Crippen LogP contribution in [0.15, 0.2) is 60.9 Å². The summed E-state index contributed by atoms with van der Waals surface area (Å²) in [6.45, 7) is 1.64. The molecule has 0 spiro atoms. The van der Waals surface area contributed by atoms with Crippen LogP contribution in [0.1, 0.15) is 16.7 Å². The largest absolute Gasteiger partial charge is 0.416 e. The summed E-state index contributed by atoms with van der Waals surface area (Å²) in [5.74, 6) is 0. The molecule has 2 aromatic carbocycles. The van der Waals surface area contributed by atoms with Gasteiger partial charge in [0.25, 0.3) is 0 Å². The highest BCUT2D eigenvalue weighted by atomic mass is 35.5. The van der Waals surface area contributed by atoms with Gasteiger partial charge in [-0.3, -0.25) is 4.98 Å². The summed E-state index contributed by atoms with van der Waals surface area (Å²) >= 11 is 0. The van der Waals surface area contributed by atoms with Crippen molar-refractivity contribution in [3.63, 3.8) is 0 Å². The standard InChI is InChI=1S/C21H17F3N2.ClH/c22-21(23,24)18-3-1-15(2-4-18)20-12-16(14-5-8-25-9-6-14)11-17-13-26-10-7-19(17)20;/h1-6,8-9,11-12,26H,7,10,13H2;1H. The quantitative estimate of drug-likeness (QED) is 0.624. The summed E-state index contributed by atoms with van der Waals surface area (Å²) in [6.07, 6.45) is 0.0265. The van der Waals surface area contributed by atoms with Gasteiger partial charge in [-0.25, -0.2) is 0 Å². The second-order valence-corrected chi connectivity index (χ2v) is 6.40. The van der Waals surface area contributed by atoms with Crippen LogP contribution < -0.4 is 5.32 Å². The summed E-state index contributed by atoms with van der Waals surface area (Å²) in [6, 6.07) is 13.5. The second kappa shape index (κ2) is 7.71. The van der Waals surface area contributed by atoms with Crippen molar-refractivity contribution in [3.8, 4) is 22.3 Å². The van der Waals surface area contributed by atoms with E-state index in [4.69, 9.17) is 0 Å². The zero-order valence-corrected chi connectivity index (χ0v) is 15.2. The van der Waals surface area contributed by atoms with E-state index >= 15 is 0 Å². The number of rotatable bonds is 2. The minimum Gasteiger partial charge on any atom is -0.312 e. The van der Waals surface area contributed by atoms with Crippen LogP contribution >= 0.6 is 12.4 Å². The Kier molecular flexibility index (Phi) is 5.53. The first-order valence-electron chi connectivity index (χ1n) is 8.47. The molecule has 0 fully saturated rings. The topological polar surface area (TPSA) is 24.9 Å². The molecule has 0 radical (unpaired) electrons. The monoisotopic (exact) mass is 390 g/mol. The number of nitrogens with zero attached hydrogens (tertiary/aromatic N) is 1. The van der Waals surface area contributed by atoms with Crippen molar-refractivity contribution >= 4 is 12.4 Å². The van der Waals surface area contributed by atoms with Gasteiger partial charge in [0.15, 0.2) is 0 Å². The number of hydrogen-bond donors (Lipinski definition) is 1. The Morgan fingerprint density at radius 3 is 2.22 bits per heavy atom. The minimum absolute atomic E-state index is 0. The van der Waals surface area contributed by atoms with Crippen LogP contribution in [-0.4, -0.2) is 11.5 Å². The van der Waals surface area contributed by atoms with Gasteiger partial charge >= 0.3 is 6.18 Å². The molecule has 1 aromatic heterocycles. The second-order valence-electron chi connectivity index (χ2n) is 6.40. The predicted octanol–water partition coefficient (Wildman–Crippen LogP) is 5.50. The van der Waals surface area contributed by atoms with E-state index in [1.165, 1.54) is 11.1 Å². The molecular weight excluding hydrogens is 373 g/mol. The van der Waals surface area contributed by atoms with Crippen molar-refractivity contribution in [2.24, 2.45) is 0 Å². The van der Waals surface area contributed by atoms with Crippen molar-refractivity contribution in [2.45, 2.75) is 19.1 Å². The number of hydrogen-bond acceptors (Lipinski definition) is 2. The Labute approximate surface area is 161 Å². The number of aromatic nitrogens is 1.